The number of furan rings is 1. The second-order valence-electron chi connectivity index (χ2n) is 7.00. The summed E-state index contributed by atoms with van der Waals surface area (Å²) in [5.74, 6) is 0.356. The number of methoxy groups -OCH3 is 1. The molecule has 1 aliphatic rings. The van der Waals surface area contributed by atoms with Crippen LogP contribution in [0.2, 0.25) is 0 Å². The number of ether oxygens (including phenoxy) is 1. The number of carbonyl (C=O) groups excluding carboxylic acids is 2. The molecule has 3 amide bonds. The Bertz CT molecular complexity index is 1120. The number of nitro benzene ring substituents is 1. The lowest BCUT2D eigenvalue weighted by Crippen LogP contribution is -2.51. The third-order valence-corrected chi connectivity index (χ3v) is 5.13. The van der Waals surface area contributed by atoms with E-state index in [4.69, 9.17) is 9.15 Å². The number of urea groups is 1. The molecular formula is C21H20N4O6. The molecule has 10 nitrogen and oxygen atoms in total. The van der Waals surface area contributed by atoms with Crippen LogP contribution >= 0.6 is 0 Å². The Balaban J connectivity index is 1.39. The molecule has 1 aliphatic heterocycles. The molecule has 10 heteroatoms. The molecule has 2 heterocycles. The lowest BCUT2D eigenvalue weighted by molar-refractivity contribution is -0.384. The molecule has 0 unspecified atom stereocenters. The van der Waals surface area contributed by atoms with Gasteiger partial charge in [0, 0.05) is 43.7 Å². The van der Waals surface area contributed by atoms with Crippen LogP contribution in [-0.4, -0.2) is 60.0 Å². The minimum atomic E-state index is -0.544. The summed E-state index contributed by atoms with van der Waals surface area (Å²) in [5.41, 5.74) is 0.703. The van der Waals surface area contributed by atoms with E-state index in [1.807, 2.05) is 18.2 Å². The Labute approximate surface area is 177 Å². The van der Waals surface area contributed by atoms with Crippen LogP contribution < -0.4 is 10.1 Å². The van der Waals surface area contributed by atoms with Gasteiger partial charge in [-0.3, -0.25) is 14.9 Å². The van der Waals surface area contributed by atoms with Gasteiger partial charge in [0.2, 0.25) is 0 Å². The molecule has 0 bridgehead atoms. The van der Waals surface area contributed by atoms with Gasteiger partial charge in [-0.05, 0) is 18.2 Å². The number of nitrogens with zero attached hydrogens (tertiary/aromatic N) is 3. The van der Waals surface area contributed by atoms with E-state index in [1.165, 1.54) is 25.3 Å². The van der Waals surface area contributed by atoms with E-state index in [9.17, 15) is 19.7 Å². The summed E-state index contributed by atoms with van der Waals surface area (Å²) >= 11 is 0. The van der Waals surface area contributed by atoms with Crippen LogP contribution in [0.1, 0.15) is 10.6 Å². The Morgan fingerprint density at radius 3 is 2.45 bits per heavy atom. The summed E-state index contributed by atoms with van der Waals surface area (Å²) in [6.07, 6.45) is 0. The number of piperazine rings is 1. The Morgan fingerprint density at radius 2 is 1.77 bits per heavy atom. The maximum atomic E-state index is 12.8. The van der Waals surface area contributed by atoms with Gasteiger partial charge in [0.15, 0.2) is 5.76 Å². The number of rotatable bonds is 4. The van der Waals surface area contributed by atoms with Crippen molar-refractivity contribution in [3.05, 3.63) is 64.4 Å². The summed E-state index contributed by atoms with van der Waals surface area (Å²) in [7, 11) is 1.42. The molecule has 0 atom stereocenters. The molecule has 31 heavy (non-hydrogen) atoms. The van der Waals surface area contributed by atoms with Gasteiger partial charge in [-0.1, -0.05) is 18.2 Å². The molecule has 0 aliphatic carbocycles. The number of anilines is 1. The number of nitro groups is 1. The van der Waals surface area contributed by atoms with Crippen molar-refractivity contribution >= 4 is 34.3 Å². The first-order valence-corrected chi connectivity index (χ1v) is 9.62. The highest BCUT2D eigenvalue weighted by Crippen LogP contribution is 2.29. The van der Waals surface area contributed by atoms with Crippen molar-refractivity contribution in [2.45, 2.75) is 0 Å². The fourth-order valence-corrected chi connectivity index (χ4v) is 3.46. The number of amides is 3. The van der Waals surface area contributed by atoms with Gasteiger partial charge in [0.25, 0.3) is 11.6 Å². The van der Waals surface area contributed by atoms with E-state index >= 15 is 0 Å². The SMILES string of the molecule is COc1ccc([N+](=O)[O-])cc1NC(=O)N1CCN(C(=O)c2cc3ccccc3o2)CC1. The second-order valence-corrected chi connectivity index (χ2v) is 7.00. The molecule has 1 fully saturated rings. The fraction of sp³-hybridized carbons (Fsp3) is 0.238. The molecule has 2 aromatic carbocycles. The van der Waals surface area contributed by atoms with Crippen LogP contribution in [0.3, 0.4) is 0 Å². The number of hydrogen-bond acceptors (Lipinski definition) is 6. The Morgan fingerprint density at radius 1 is 1.06 bits per heavy atom. The maximum absolute atomic E-state index is 12.8. The zero-order valence-electron chi connectivity index (χ0n) is 16.7. The van der Waals surface area contributed by atoms with E-state index in [2.05, 4.69) is 5.32 Å². The smallest absolute Gasteiger partial charge is 0.322 e. The van der Waals surface area contributed by atoms with Gasteiger partial charge < -0.3 is 24.3 Å². The van der Waals surface area contributed by atoms with Gasteiger partial charge in [-0.25, -0.2) is 4.79 Å². The number of non-ortho nitro benzene ring substituents is 1. The zero-order valence-corrected chi connectivity index (χ0v) is 16.7. The van der Waals surface area contributed by atoms with Crippen LogP contribution in [0.15, 0.2) is 52.9 Å². The molecule has 1 saturated heterocycles. The van der Waals surface area contributed by atoms with Gasteiger partial charge in [-0.15, -0.1) is 0 Å². The molecule has 160 valence electrons. The fourth-order valence-electron chi connectivity index (χ4n) is 3.46. The average Bonchev–Trinajstić information content (AvgIpc) is 3.23. The predicted octanol–water partition coefficient (Wildman–Crippen LogP) is 3.34. The van der Waals surface area contributed by atoms with Crippen LogP contribution in [0.4, 0.5) is 16.2 Å². The van der Waals surface area contributed by atoms with Crippen molar-refractivity contribution in [1.82, 2.24) is 9.80 Å². The van der Waals surface area contributed by atoms with E-state index in [0.717, 1.165) is 5.39 Å². The first-order chi connectivity index (χ1) is 15.0. The van der Waals surface area contributed by atoms with Crippen molar-refractivity contribution in [2.75, 3.05) is 38.6 Å². The summed E-state index contributed by atoms with van der Waals surface area (Å²) < 4.78 is 10.8. The second kappa shape index (κ2) is 8.34. The van der Waals surface area contributed by atoms with Crippen LogP contribution in [0.25, 0.3) is 11.0 Å². The summed E-state index contributed by atoms with van der Waals surface area (Å²) in [6, 6.07) is 12.7. The van der Waals surface area contributed by atoms with Crippen molar-refractivity contribution in [1.29, 1.82) is 0 Å². The van der Waals surface area contributed by atoms with E-state index in [1.54, 1.807) is 21.9 Å². The number of para-hydroxylation sites is 1. The van der Waals surface area contributed by atoms with Crippen molar-refractivity contribution in [3.63, 3.8) is 0 Å². The molecule has 0 radical (unpaired) electrons. The topological polar surface area (TPSA) is 118 Å². The van der Waals surface area contributed by atoms with Crippen LogP contribution in [0, 0.1) is 10.1 Å². The van der Waals surface area contributed by atoms with Crippen molar-refractivity contribution < 1.29 is 23.7 Å². The Kier molecular flexibility index (Phi) is 5.44. The summed E-state index contributed by atoms with van der Waals surface area (Å²) in [5, 5.41) is 14.5. The molecular weight excluding hydrogens is 404 g/mol. The quantitative estimate of drug-likeness (QED) is 0.507. The minimum absolute atomic E-state index is 0.155. The van der Waals surface area contributed by atoms with Gasteiger partial charge in [0.05, 0.1) is 17.7 Å². The standard InChI is InChI=1S/C21H20N4O6/c1-30-18-7-6-15(25(28)29)13-16(18)22-21(27)24-10-8-23(9-11-24)20(26)19-12-14-4-2-3-5-17(14)31-19/h2-7,12-13H,8-11H2,1H3,(H,22,27). The van der Waals surface area contributed by atoms with Crippen LogP contribution in [0.5, 0.6) is 5.75 Å². The molecule has 4 rings (SSSR count). The minimum Gasteiger partial charge on any atom is -0.495 e. The number of fused-ring (bicyclic) bond motifs is 1. The normalized spacial score (nSPS) is 13.8. The maximum Gasteiger partial charge on any atom is 0.322 e. The third-order valence-electron chi connectivity index (χ3n) is 5.13. The van der Waals surface area contributed by atoms with Gasteiger partial charge >= 0.3 is 6.03 Å². The lowest BCUT2D eigenvalue weighted by Gasteiger charge is -2.34. The average molecular weight is 424 g/mol. The van der Waals surface area contributed by atoms with E-state index in [-0.39, 0.29) is 23.0 Å². The molecule has 1 aromatic heterocycles. The first kappa shape index (κ1) is 20.2. The molecule has 0 saturated carbocycles. The third kappa shape index (κ3) is 4.13. The zero-order chi connectivity index (χ0) is 22.0. The molecule has 3 aromatic rings. The van der Waals surface area contributed by atoms with Gasteiger partial charge in [0.1, 0.15) is 11.3 Å². The highest BCUT2D eigenvalue weighted by atomic mass is 16.6. The Hall–Kier alpha value is -4.08. The largest absolute Gasteiger partial charge is 0.495 e. The van der Waals surface area contributed by atoms with E-state index < -0.39 is 11.0 Å². The highest BCUT2D eigenvalue weighted by Gasteiger charge is 2.27. The first-order valence-electron chi connectivity index (χ1n) is 9.62. The van der Waals surface area contributed by atoms with Crippen LogP contribution in [-0.2, 0) is 0 Å². The van der Waals surface area contributed by atoms with Crippen molar-refractivity contribution in [3.8, 4) is 5.75 Å². The van der Waals surface area contributed by atoms with Gasteiger partial charge in [-0.2, -0.15) is 0 Å². The number of hydrogen-bond donors (Lipinski definition) is 1. The molecule has 0 spiro atoms. The predicted molar refractivity (Wildman–Crippen MR) is 112 cm³/mol. The highest BCUT2D eigenvalue weighted by molar-refractivity contribution is 5.96. The number of nitrogens with one attached hydrogen (secondary N) is 1. The lowest BCUT2D eigenvalue weighted by atomic mass is 10.2. The number of carbonyl (C=O) groups is 2. The summed E-state index contributed by atoms with van der Waals surface area (Å²) in [4.78, 5) is 39.0. The van der Waals surface area contributed by atoms with E-state index in [0.29, 0.717) is 37.5 Å². The summed E-state index contributed by atoms with van der Waals surface area (Å²) in [6.45, 7) is 1.31. The van der Waals surface area contributed by atoms with Crippen molar-refractivity contribution in [2.24, 2.45) is 0 Å². The number of benzene rings is 2. The monoisotopic (exact) mass is 424 g/mol. The molecule has 1 N–H and O–H groups in total.